The van der Waals surface area contributed by atoms with Crippen molar-refractivity contribution in [1.82, 2.24) is 9.97 Å². The van der Waals surface area contributed by atoms with Crippen molar-refractivity contribution < 1.29 is 14.3 Å². The fourth-order valence-electron chi connectivity index (χ4n) is 1.05. The number of methoxy groups -OCH3 is 1. The number of rotatable bonds is 5. The van der Waals surface area contributed by atoms with Crippen LogP contribution in [0.15, 0.2) is 12.4 Å². The maximum Gasteiger partial charge on any atom is 0.326 e. The SMILES string of the molecule is COC(=O)C(N)COc1cc(N(C)C)ncn1. The third kappa shape index (κ3) is 3.87. The molecule has 1 heterocycles. The summed E-state index contributed by atoms with van der Waals surface area (Å²) in [5.41, 5.74) is 5.52. The lowest BCUT2D eigenvalue weighted by molar-refractivity contribution is -0.142. The van der Waals surface area contributed by atoms with Gasteiger partial charge in [0.1, 0.15) is 24.8 Å². The molecule has 1 aromatic rings. The van der Waals surface area contributed by atoms with Gasteiger partial charge in [-0.05, 0) is 0 Å². The Hall–Kier alpha value is -1.89. The summed E-state index contributed by atoms with van der Waals surface area (Å²) in [4.78, 5) is 20.8. The quantitative estimate of drug-likeness (QED) is 0.688. The van der Waals surface area contributed by atoms with Gasteiger partial charge in [0.25, 0.3) is 0 Å². The van der Waals surface area contributed by atoms with E-state index in [-0.39, 0.29) is 6.61 Å². The van der Waals surface area contributed by atoms with Gasteiger partial charge in [-0.25, -0.2) is 9.97 Å². The molecule has 0 bridgehead atoms. The van der Waals surface area contributed by atoms with E-state index < -0.39 is 12.0 Å². The van der Waals surface area contributed by atoms with E-state index in [0.717, 1.165) is 0 Å². The number of carbonyl (C=O) groups excluding carboxylic acids is 1. The average molecular weight is 240 g/mol. The molecule has 0 aliphatic heterocycles. The molecule has 0 aliphatic rings. The van der Waals surface area contributed by atoms with Crippen LogP contribution in [-0.2, 0) is 9.53 Å². The summed E-state index contributed by atoms with van der Waals surface area (Å²) < 4.78 is 9.76. The minimum Gasteiger partial charge on any atom is -0.475 e. The molecular weight excluding hydrogens is 224 g/mol. The Morgan fingerprint density at radius 1 is 1.53 bits per heavy atom. The molecule has 0 aromatic carbocycles. The zero-order valence-corrected chi connectivity index (χ0v) is 10.1. The third-order valence-electron chi connectivity index (χ3n) is 2.00. The number of hydrogen-bond acceptors (Lipinski definition) is 7. The number of esters is 1. The third-order valence-corrected chi connectivity index (χ3v) is 2.00. The standard InChI is InChI=1S/C10H16N4O3/c1-14(2)8-4-9(13-6-12-8)17-5-7(11)10(15)16-3/h4,6-7H,5,11H2,1-3H3. The van der Waals surface area contributed by atoms with E-state index in [2.05, 4.69) is 14.7 Å². The molecule has 94 valence electrons. The van der Waals surface area contributed by atoms with Crippen molar-refractivity contribution in [1.29, 1.82) is 0 Å². The molecule has 0 radical (unpaired) electrons. The molecule has 1 rings (SSSR count). The highest BCUT2D eigenvalue weighted by molar-refractivity contribution is 5.75. The Morgan fingerprint density at radius 2 is 2.24 bits per heavy atom. The Morgan fingerprint density at radius 3 is 2.82 bits per heavy atom. The summed E-state index contributed by atoms with van der Waals surface area (Å²) >= 11 is 0. The van der Waals surface area contributed by atoms with Crippen molar-refractivity contribution in [3.05, 3.63) is 12.4 Å². The molecule has 0 aliphatic carbocycles. The predicted molar refractivity (Wildman–Crippen MR) is 61.8 cm³/mol. The second-order valence-electron chi connectivity index (χ2n) is 3.55. The highest BCUT2D eigenvalue weighted by Crippen LogP contribution is 2.13. The van der Waals surface area contributed by atoms with Crippen LogP contribution >= 0.6 is 0 Å². The van der Waals surface area contributed by atoms with Crippen molar-refractivity contribution in [2.75, 3.05) is 32.7 Å². The lowest BCUT2D eigenvalue weighted by Crippen LogP contribution is -2.37. The second-order valence-corrected chi connectivity index (χ2v) is 3.55. The first-order valence-electron chi connectivity index (χ1n) is 5.00. The Labute approximate surface area is 99.5 Å². The Bertz CT molecular complexity index is 384. The van der Waals surface area contributed by atoms with E-state index in [1.165, 1.54) is 13.4 Å². The molecule has 0 spiro atoms. The summed E-state index contributed by atoms with van der Waals surface area (Å²) in [5.74, 6) is 0.552. The number of nitrogens with two attached hydrogens (primary N) is 1. The topological polar surface area (TPSA) is 90.6 Å². The van der Waals surface area contributed by atoms with Crippen LogP contribution < -0.4 is 15.4 Å². The van der Waals surface area contributed by atoms with Crippen molar-refractivity contribution >= 4 is 11.8 Å². The normalized spacial score (nSPS) is 11.8. The van der Waals surface area contributed by atoms with Gasteiger partial charge in [0.2, 0.25) is 5.88 Å². The van der Waals surface area contributed by atoms with Crippen LogP contribution in [0.4, 0.5) is 5.82 Å². The maximum absolute atomic E-state index is 11.0. The van der Waals surface area contributed by atoms with Crippen LogP contribution in [0.3, 0.4) is 0 Å². The highest BCUT2D eigenvalue weighted by Gasteiger charge is 2.14. The van der Waals surface area contributed by atoms with E-state index in [4.69, 9.17) is 10.5 Å². The van der Waals surface area contributed by atoms with Gasteiger partial charge in [-0.2, -0.15) is 0 Å². The summed E-state index contributed by atoms with van der Waals surface area (Å²) in [6, 6.07) is 0.835. The van der Waals surface area contributed by atoms with Crippen LogP contribution in [0.2, 0.25) is 0 Å². The zero-order chi connectivity index (χ0) is 12.8. The second kappa shape index (κ2) is 6.00. The molecule has 7 heteroatoms. The molecule has 0 fully saturated rings. The largest absolute Gasteiger partial charge is 0.475 e. The smallest absolute Gasteiger partial charge is 0.326 e. The first kappa shape index (κ1) is 13.2. The van der Waals surface area contributed by atoms with Gasteiger partial charge in [-0.1, -0.05) is 0 Å². The van der Waals surface area contributed by atoms with Crippen LogP contribution in [-0.4, -0.2) is 49.8 Å². The molecule has 1 atom stereocenters. The van der Waals surface area contributed by atoms with Crippen molar-refractivity contribution in [3.8, 4) is 5.88 Å². The molecule has 17 heavy (non-hydrogen) atoms. The van der Waals surface area contributed by atoms with Crippen molar-refractivity contribution in [3.63, 3.8) is 0 Å². The van der Waals surface area contributed by atoms with Crippen molar-refractivity contribution in [2.24, 2.45) is 5.73 Å². The lowest BCUT2D eigenvalue weighted by atomic mass is 10.3. The molecule has 7 nitrogen and oxygen atoms in total. The number of aromatic nitrogens is 2. The predicted octanol–water partition coefficient (Wildman–Crippen LogP) is -0.578. The average Bonchev–Trinajstić information content (AvgIpc) is 2.35. The first-order valence-corrected chi connectivity index (χ1v) is 5.00. The van der Waals surface area contributed by atoms with E-state index in [9.17, 15) is 4.79 Å². The van der Waals surface area contributed by atoms with E-state index in [1.807, 2.05) is 19.0 Å². The number of hydrogen-bond donors (Lipinski definition) is 1. The van der Waals surface area contributed by atoms with E-state index in [0.29, 0.717) is 11.7 Å². The highest BCUT2D eigenvalue weighted by atomic mass is 16.5. The number of anilines is 1. The summed E-state index contributed by atoms with van der Waals surface area (Å²) in [7, 11) is 4.98. The lowest BCUT2D eigenvalue weighted by Gasteiger charge is -2.13. The maximum atomic E-state index is 11.0. The molecule has 0 saturated heterocycles. The monoisotopic (exact) mass is 240 g/mol. The van der Waals surface area contributed by atoms with Gasteiger partial charge in [0, 0.05) is 20.2 Å². The van der Waals surface area contributed by atoms with Crippen LogP contribution in [0, 0.1) is 0 Å². The minimum atomic E-state index is -0.822. The molecule has 2 N–H and O–H groups in total. The fraction of sp³-hybridized carbons (Fsp3) is 0.500. The Balaban J connectivity index is 2.57. The van der Waals surface area contributed by atoms with Gasteiger partial charge in [-0.3, -0.25) is 4.79 Å². The van der Waals surface area contributed by atoms with Gasteiger partial charge in [0.05, 0.1) is 7.11 Å². The van der Waals surface area contributed by atoms with Gasteiger partial charge < -0.3 is 20.1 Å². The van der Waals surface area contributed by atoms with Gasteiger partial charge in [0.15, 0.2) is 0 Å². The van der Waals surface area contributed by atoms with Gasteiger partial charge in [-0.15, -0.1) is 0 Å². The fourth-order valence-corrected chi connectivity index (χ4v) is 1.05. The first-order chi connectivity index (χ1) is 8.04. The molecular formula is C10H16N4O3. The number of nitrogens with zero attached hydrogens (tertiary/aromatic N) is 3. The summed E-state index contributed by atoms with van der Waals surface area (Å²) in [6.07, 6.45) is 1.38. The van der Waals surface area contributed by atoms with Crippen LogP contribution in [0.25, 0.3) is 0 Å². The minimum absolute atomic E-state index is 0.0105. The molecule has 0 amide bonds. The zero-order valence-electron chi connectivity index (χ0n) is 10.1. The molecule has 1 unspecified atom stereocenters. The van der Waals surface area contributed by atoms with Gasteiger partial charge >= 0.3 is 5.97 Å². The molecule has 0 saturated carbocycles. The molecule has 1 aromatic heterocycles. The van der Waals surface area contributed by atoms with E-state index in [1.54, 1.807) is 6.07 Å². The van der Waals surface area contributed by atoms with Crippen molar-refractivity contribution in [2.45, 2.75) is 6.04 Å². The van der Waals surface area contributed by atoms with Crippen LogP contribution in [0.1, 0.15) is 0 Å². The number of carbonyl (C=O) groups is 1. The Kier molecular flexibility index (Phi) is 4.65. The summed E-state index contributed by atoms with van der Waals surface area (Å²) in [6.45, 7) is 0.0105. The van der Waals surface area contributed by atoms with Crippen LogP contribution in [0.5, 0.6) is 5.88 Å². The van der Waals surface area contributed by atoms with E-state index >= 15 is 0 Å². The number of ether oxygens (including phenoxy) is 2. The summed E-state index contributed by atoms with van der Waals surface area (Å²) in [5, 5.41) is 0.